The van der Waals surface area contributed by atoms with E-state index in [0.29, 0.717) is 6.67 Å². The topological polar surface area (TPSA) is 66.1 Å². The molecule has 0 unspecified atom stereocenters. The van der Waals surface area contributed by atoms with Crippen LogP contribution in [0, 0.1) is 0 Å². The number of H-pyrrole nitrogens is 1. The number of aromatic nitrogens is 3. The Morgan fingerprint density at radius 2 is 2.00 bits per heavy atom. The SMILES string of the molecule is C=CCCN1C=C(c2cc(C(=C)N3CCCCC3)cc3c2ncn3CN)c2cc[nH]c2C1=C. The fourth-order valence-corrected chi connectivity index (χ4v) is 4.95. The first-order chi connectivity index (χ1) is 16.1. The molecule has 6 heteroatoms. The summed E-state index contributed by atoms with van der Waals surface area (Å²) >= 11 is 0. The molecule has 0 spiro atoms. The quantitative estimate of drug-likeness (QED) is 0.508. The Kier molecular flexibility index (Phi) is 5.68. The number of nitrogens with one attached hydrogen (secondary N) is 1. The lowest BCUT2D eigenvalue weighted by Crippen LogP contribution is -2.27. The molecule has 0 saturated carbocycles. The molecule has 33 heavy (non-hydrogen) atoms. The van der Waals surface area contributed by atoms with Crippen molar-refractivity contribution in [3.8, 4) is 0 Å². The van der Waals surface area contributed by atoms with E-state index < -0.39 is 0 Å². The van der Waals surface area contributed by atoms with Gasteiger partial charge in [-0.15, -0.1) is 6.58 Å². The molecule has 0 amide bonds. The molecule has 6 nitrogen and oxygen atoms in total. The summed E-state index contributed by atoms with van der Waals surface area (Å²) in [4.78, 5) is 12.8. The number of piperidine rings is 1. The predicted octanol–water partition coefficient (Wildman–Crippen LogP) is 4.99. The molecule has 2 aliphatic heterocycles. The largest absolute Gasteiger partial charge is 0.372 e. The van der Waals surface area contributed by atoms with Crippen molar-refractivity contribution >= 4 is 28.0 Å². The van der Waals surface area contributed by atoms with Crippen molar-refractivity contribution in [1.82, 2.24) is 24.3 Å². The van der Waals surface area contributed by atoms with Crippen LogP contribution in [0.4, 0.5) is 0 Å². The minimum Gasteiger partial charge on any atom is -0.372 e. The van der Waals surface area contributed by atoms with Gasteiger partial charge in [0.2, 0.25) is 0 Å². The third-order valence-corrected chi connectivity index (χ3v) is 6.81. The van der Waals surface area contributed by atoms with Gasteiger partial charge in [-0.25, -0.2) is 4.98 Å². The second kappa shape index (κ2) is 8.79. The Balaban J connectivity index is 1.68. The zero-order valence-electron chi connectivity index (χ0n) is 19.2. The fraction of sp³-hybridized carbons (Fsp3) is 0.296. The van der Waals surface area contributed by atoms with Gasteiger partial charge in [0, 0.05) is 60.0 Å². The molecule has 3 aromatic rings. The second-order valence-corrected chi connectivity index (χ2v) is 8.81. The van der Waals surface area contributed by atoms with Crippen LogP contribution in [0.3, 0.4) is 0 Å². The van der Waals surface area contributed by atoms with Crippen molar-refractivity contribution in [1.29, 1.82) is 0 Å². The van der Waals surface area contributed by atoms with Gasteiger partial charge in [-0.1, -0.05) is 19.2 Å². The molecule has 3 N–H and O–H groups in total. The zero-order chi connectivity index (χ0) is 22.9. The number of imidazole rings is 1. The number of nitrogens with zero attached hydrogens (tertiary/aromatic N) is 4. The van der Waals surface area contributed by atoms with E-state index in [1.54, 1.807) is 0 Å². The maximum absolute atomic E-state index is 6.05. The molecule has 1 saturated heterocycles. The highest BCUT2D eigenvalue weighted by atomic mass is 15.1. The van der Waals surface area contributed by atoms with Crippen molar-refractivity contribution in [2.45, 2.75) is 32.4 Å². The van der Waals surface area contributed by atoms with E-state index in [1.807, 2.05) is 23.2 Å². The highest BCUT2D eigenvalue weighted by Crippen LogP contribution is 2.40. The van der Waals surface area contributed by atoms with E-state index in [0.717, 1.165) is 76.4 Å². The highest BCUT2D eigenvalue weighted by Gasteiger charge is 2.26. The molecular weight excluding hydrogens is 408 g/mol. The molecule has 5 rings (SSSR count). The number of fused-ring (bicyclic) bond motifs is 2. The van der Waals surface area contributed by atoms with Crippen molar-refractivity contribution in [3.05, 3.63) is 85.1 Å². The molecule has 0 atom stereocenters. The Hall–Kier alpha value is -3.51. The average molecular weight is 441 g/mol. The summed E-state index contributed by atoms with van der Waals surface area (Å²) in [5.74, 6) is 0. The smallest absolute Gasteiger partial charge is 0.0969 e. The molecule has 4 heterocycles. The van der Waals surface area contributed by atoms with Gasteiger partial charge >= 0.3 is 0 Å². The van der Waals surface area contributed by atoms with Crippen LogP contribution in [-0.2, 0) is 6.67 Å². The van der Waals surface area contributed by atoms with Gasteiger partial charge in [-0.05, 0) is 43.9 Å². The van der Waals surface area contributed by atoms with E-state index in [4.69, 9.17) is 10.7 Å². The standard InChI is InChI=1S/C27H32N6/c1-4-5-11-32-16-24(22-9-10-29-26(22)20(32)3)23-14-21(19(2)31-12-7-6-8-13-31)15-25-27(23)30-18-33(25)17-28/h4,9-10,14-16,18,29H,1-3,5-8,11-13,17,28H2. The van der Waals surface area contributed by atoms with Gasteiger partial charge in [0.05, 0.1) is 35.4 Å². The molecular formula is C27H32N6. The van der Waals surface area contributed by atoms with Crippen LogP contribution in [0.5, 0.6) is 0 Å². The van der Waals surface area contributed by atoms with E-state index >= 15 is 0 Å². The summed E-state index contributed by atoms with van der Waals surface area (Å²) in [7, 11) is 0. The molecule has 1 aromatic carbocycles. The Labute approximate surface area is 195 Å². The summed E-state index contributed by atoms with van der Waals surface area (Å²) in [6.07, 6.45) is 12.6. The minimum atomic E-state index is 0.381. The molecule has 170 valence electrons. The van der Waals surface area contributed by atoms with Crippen LogP contribution in [0.25, 0.3) is 28.0 Å². The predicted molar refractivity (Wildman–Crippen MR) is 137 cm³/mol. The molecule has 2 aliphatic rings. The summed E-state index contributed by atoms with van der Waals surface area (Å²) in [6.45, 7) is 16.0. The maximum atomic E-state index is 6.05. The van der Waals surface area contributed by atoms with Crippen LogP contribution >= 0.6 is 0 Å². The number of benzene rings is 1. The lowest BCUT2D eigenvalue weighted by molar-refractivity contribution is 0.326. The van der Waals surface area contributed by atoms with E-state index in [-0.39, 0.29) is 0 Å². The van der Waals surface area contributed by atoms with Crippen molar-refractivity contribution in [2.75, 3.05) is 19.6 Å². The summed E-state index contributed by atoms with van der Waals surface area (Å²) in [6, 6.07) is 6.55. The van der Waals surface area contributed by atoms with Crippen LogP contribution in [0.15, 0.2) is 62.7 Å². The Morgan fingerprint density at radius 3 is 2.76 bits per heavy atom. The third kappa shape index (κ3) is 3.70. The number of rotatable bonds is 7. The minimum absolute atomic E-state index is 0.381. The monoisotopic (exact) mass is 440 g/mol. The molecule has 2 aromatic heterocycles. The van der Waals surface area contributed by atoms with Gasteiger partial charge in [0.25, 0.3) is 0 Å². The van der Waals surface area contributed by atoms with E-state index in [2.05, 4.69) is 58.9 Å². The van der Waals surface area contributed by atoms with Gasteiger partial charge in [-0.2, -0.15) is 0 Å². The van der Waals surface area contributed by atoms with Crippen molar-refractivity contribution < 1.29 is 0 Å². The normalized spacial score (nSPS) is 16.2. The highest BCUT2D eigenvalue weighted by molar-refractivity contribution is 5.99. The van der Waals surface area contributed by atoms with E-state index in [1.165, 1.54) is 19.3 Å². The van der Waals surface area contributed by atoms with Crippen LogP contribution in [0.2, 0.25) is 0 Å². The number of hydrogen-bond donors (Lipinski definition) is 2. The first-order valence-electron chi connectivity index (χ1n) is 11.7. The van der Waals surface area contributed by atoms with Crippen LogP contribution < -0.4 is 5.73 Å². The number of aromatic amines is 1. The van der Waals surface area contributed by atoms with Gasteiger partial charge in [0.1, 0.15) is 0 Å². The third-order valence-electron chi connectivity index (χ3n) is 6.81. The number of nitrogens with two attached hydrogens (primary N) is 1. The second-order valence-electron chi connectivity index (χ2n) is 8.81. The van der Waals surface area contributed by atoms with Crippen LogP contribution in [0.1, 0.15) is 48.1 Å². The lowest BCUT2D eigenvalue weighted by atomic mass is 9.92. The molecule has 1 fully saturated rings. The molecule has 0 radical (unpaired) electrons. The fourth-order valence-electron chi connectivity index (χ4n) is 4.95. The van der Waals surface area contributed by atoms with Gasteiger partial charge in [-0.3, -0.25) is 0 Å². The molecule has 0 bridgehead atoms. The van der Waals surface area contributed by atoms with E-state index in [9.17, 15) is 0 Å². The maximum Gasteiger partial charge on any atom is 0.0969 e. The van der Waals surface area contributed by atoms with Crippen molar-refractivity contribution in [3.63, 3.8) is 0 Å². The first-order valence-corrected chi connectivity index (χ1v) is 11.7. The van der Waals surface area contributed by atoms with Gasteiger partial charge in [0.15, 0.2) is 0 Å². The summed E-state index contributed by atoms with van der Waals surface area (Å²) in [5.41, 5.74) is 15.6. The van der Waals surface area contributed by atoms with Crippen molar-refractivity contribution in [2.24, 2.45) is 5.73 Å². The Morgan fingerprint density at radius 1 is 1.18 bits per heavy atom. The summed E-state index contributed by atoms with van der Waals surface area (Å²) in [5, 5.41) is 0. The van der Waals surface area contributed by atoms with Gasteiger partial charge < -0.3 is 25.1 Å². The molecule has 0 aliphatic carbocycles. The average Bonchev–Trinajstić information content (AvgIpc) is 3.51. The first kappa shape index (κ1) is 21.3. The van der Waals surface area contributed by atoms with Crippen LogP contribution in [-0.4, -0.2) is 44.0 Å². The summed E-state index contributed by atoms with van der Waals surface area (Å²) < 4.78 is 2.00. The zero-order valence-corrected chi connectivity index (χ0v) is 19.2. The Bertz CT molecular complexity index is 1250. The number of hydrogen-bond acceptors (Lipinski definition) is 4. The lowest BCUT2D eigenvalue weighted by Gasteiger charge is -2.31. The number of likely N-dealkylation sites (tertiary alicyclic amines) is 1.